The molecular formula is C18H18Cl2F2N2O2. The van der Waals surface area contributed by atoms with E-state index < -0.39 is 12.7 Å². The van der Waals surface area contributed by atoms with Gasteiger partial charge in [-0.05, 0) is 49.9 Å². The number of nitrogens with zero attached hydrogens (tertiary/aromatic N) is 1. The van der Waals surface area contributed by atoms with E-state index in [0.717, 1.165) is 5.56 Å². The summed E-state index contributed by atoms with van der Waals surface area (Å²) in [6.07, 6.45) is 0. The molecule has 0 aliphatic carbocycles. The molecule has 1 N–H and O–H groups in total. The monoisotopic (exact) mass is 402 g/mol. The molecule has 0 radical (unpaired) electrons. The van der Waals surface area contributed by atoms with E-state index in [-0.39, 0.29) is 11.7 Å². The van der Waals surface area contributed by atoms with Crippen molar-refractivity contribution in [3.8, 4) is 5.75 Å². The first kappa shape index (κ1) is 20.4. The number of benzene rings is 2. The normalized spacial score (nSPS) is 12.3. The molecule has 0 aliphatic heterocycles. The van der Waals surface area contributed by atoms with Gasteiger partial charge >= 0.3 is 6.61 Å². The summed E-state index contributed by atoms with van der Waals surface area (Å²) in [7, 11) is 1.79. The Kier molecular flexibility index (Phi) is 7.20. The summed E-state index contributed by atoms with van der Waals surface area (Å²) in [5, 5.41) is 3.60. The number of rotatable bonds is 7. The number of carbonyl (C=O) groups is 1. The van der Waals surface area contributed by atoms with Crippen LogP contribution in [0.1, 0.15) is 12.5 Å². The summed E-state index contributed by atoms with van der Waals surface area (Å²) < 4.78 is 28.6. The van der Waals surface area contributed by atoms with Crippen LogP contribution in [0.4, 0.5) is 14.5 Å². The van der Waals surface area contributed by atoms with Gasteiger partial charge in [-0.2, -0.15) is 8.78 Å². The van der Waals surface area contributed by atoms with Crippen LogP contribution in [0.2, 0.25) is 10.0 Å². The molecule has 2 aromatic rings. The molecule has 1 atom stereocenters. The summed E-state index contributed by atoms with van der Waals surface area (Å²) in [6.45, 7) is -0.641. The van der Waals surface area contributed by atoms with Crippen molar-refractivity contribution in [2.45, 2.75) is 26.1 Å². The van der Waals surface area contributed by atoms with Crippen LogP contribution in [0.25, 0.3) is 0 Å². The maximum absolute atomic E-state index is 12.4. The lowest BCUT2D eigenvalue weighted by molar-refractivity contribution is -0.120. The lowest BCUT2D eigenvalue weighted by atomic mass is 10.1. The second-order valence-corrected chi connectivity index (χ2v) is 6.57. The van der Waals surface area contributed by atoms with E-state index in [4.69, 9.17) is 23.2 Å². The van der Waals surface area contributed by atoms with Crippen molar-refractivity contribution in [3.63, 3.8) is 0 Å². The van der Waals surface area contributed by atoms with Crippen LogP contribution in [0.15, 0.2) is 42.5 Å². The second kappa shape index (κ2) is 9.16. The van der Waals surface area contributed by atoms with Crippen molar-refractivity contribution in [2.75, 3.05) is 12.4 Å². The second-order valence-electron chi connectivity index (χ2n) is 5.73. The third kappa shape index (κ3) is 5.83. The molecule has 1 unspecified atom stereocenters. The van der Waals surface area contributed by atoms with E-state index in [0.29, 0.717) is 22.3 Å². The molecule has 0 bridgehead atoms. The Labute approximate surface area is 160 Å². The molecule has 140 valence electrons. The summed E-state index contributed by atoms with van der Waals surface area (Å²) >= 11 is 11.9. The fourth-order valence-electron chi connectivity index (χ4n) is 2.23. The molecule has 26 heavy (non-hydrogen) atoms. The molecule has 1 amide bonds. The van der Waals surface area contributed by atoms with E-state index in [2.05, 4.69) is 10.1 Å². The Morgan fingerprint density at radius 1 is 1.19 bits per heavy atom. The third-order valence-electron chi connectivity index (χ3n) is 3.81. The predicted octanol–water partition coefficient (Wildman–Crippen LogP) is 5.05. The average Bonchev–Trinajstić information content (AvgIpc) is 2.57. The first-order valence-electron chi connectivity index (χ1n) is 7.76. The van der Waals surface area contributed by atoms with Gasteiger partial charge in [-0.1, -0.05) is 35.3 Å². The van der Waals surface area contributed by atoms with Crippen LogP contribution in [0.5, 0.6) is 5.75 Å². The van der Waals surface area contributed by atoms with Crippen LogP contribution in [-0.4, -0.2) is 30.5 Å². The molecule has 0 aromatic heterocycles. The molecule has 8 heteroatoms. The van der Waals surface area contributed by atoms with Crippen LogP contribution >= 0.6 is 23.2 Å². The van der Waals surface area contributed by atoms with Gasteiger partial charge in [0.2, 0.25) is 5.91 Å². The maximum Gasteiger partial charge on any atom is 0.387 e. The zero-order chi connectivity index (χ0) is 19.3. The number of halogens is 4. The van der Waals surface area contributed by atoms with Crippen molar-refractivity contribution in [2.24, 2.45) is 0 Å². The van der Waals surface area contributed by atoms with Crippen LogP contribution in [0.3, 0.4) is 0 Å². The number of hydrogen-bond donors (Lipinski definition) is 1. The molecule has 0 saturated carbocycles. The molecular weight excluding hydrogens is 385 g/mol. The quantitative estimate of drug-likeness (QED) is 0.703. The standard InChI is InChI=1S/C18H18Cl2F2N2O2/c1-11(17(25)23-16-8-5-13(19)9-15(16)20)24(2)10-12-3-6-14(7-4-12)26-18(21)22/h3-9,11,18H,10H2,1-2H3,(H,23,25). The van der Waals surface area contributed by atoms with Gasteiger partial charge in [-0.15, -0.1) is 0 Å². The van der Waals surface area contributed by atoms with Crippen molar-refractivity contribution in [3.05, 3.63) is 58.1 Å². The fourth-order valence-corrected chi connectivity index (χ4v) is 2.69. The Morgan fingerprint density at radius 2 is 1.85 bits per heavy atom. The number of alkyl halides is 2. The van der Waals surface area contributed by atoms with Crippen molar-refractivity contribution < 1.29 is 18.3 Å². The SMILES string of the molecule is CC(C(=O)Nc1ccc(Cl)cc1Cl)N(C)Cc1ccc(OC(F)F)cc1. The van der Waals surface area contributed by atoms with Gasteiger partial charge < -0.3 is 10.1 Å². The maximum atomic E-state index is 12.4. The predicted molar refractivity (Wildman–Crippen MR) is 99.1 cm³/mol. The van der Waals surface area contributed by atoms with Crippen LogP contribution in [0, 0.1) is 0 Å². The zero-order valence-electron chi connectivity index (χ0n) is 14.2. The average molecular weight is 403 g/mol. The summed E-state index contributed by atoms with van der Waals surface area (Å²) in [6, 6.07) is 10.7. The fraction of sp³-hybridized carbons (Fsp3) is 0.278. The number of anilines is 1. The summed E-state index contributed by atoms with van der Waals surface area (Å²) in [4.78, 5) is 14.2. The van der Waals surface area contributed by atoms with E-state index in [9.17, 15) is 13.6 Å². The molecule has 2 rings (SSSR count). The van der Waals surface area contributed by atoms with E-state index >= 15 is 0 Å². The van der Waals surface area contributed by atoms with Crippen LogP contribution < -0.4 is 10.1 Å². The molecule has 0 heterocycles. The number of ether oxygens (including phenoxy) is 1. The summed E-state index contributed by atoms with van der Waals surface area (Å²) in [5.41, 5.74) is 1.34. The van der Waals surface area contributed by atoms with Gasteiger partial charge in [-0.25, -0.2) is 0 Å². The molecule has 0 aliphatic rings. The van der Waals surface area contributed by atoms with Crippen molar-refractivity contribution in [1.29, 1.82) is 0 Å². The number of amides is 1. The van der Waals surface area contributed by atoms with E-state index in [1.54, 1.807) is 44.3 Å². The smallest absolute Gasteiger partial charge is 0.387 e. The van der Waals surface area contributed by atoms with Gasteiger partial charge in [0, 0.05) is 11.6 Å². The Balaban J connectivity index is 1.95. The van der Waals surface area contributed by atoms with Crippen molar-refractivity contribution >= 4 is 34.8 Å². The highest BCUT2D eigenvalue weighted by atomic mass is 35.5. The Hall–Kier alpha value is -1.89. The molecule has 2 aromatic carbocycles. The minimum atomic E-state index is -2.85. The minimum absolute atomic E-state index is 0.0922. The highest BCUT2D eigenvalue weighted by Crippen LogP contribution is 2.25. The highest BCUT2D eigenvalue weighted by molar-refractivity contribution is 6.36. The van der Waals surface area contributed by atoms with E-state index in [1.807, 2.05) is 4.90 Å². The molecule has 0 saturated heterocycles. The largest absolute Gasteiger partial charge is 0.435 e. The molecule has 4 nitrogen and oxygen atoms in total. The van der Waals surface area contributed by atoms with Gasteiger partial charge in [-0.3, -0.25) is 9.69 Å². The Morgan fingerprint density at radius 3 is 2.42 bits per heavy atom. The minimum Gasteiger partial charge on any atom is -0.435 e. The van der Waals surface area contributed by atoms with Crippen LogP contribution in [-0.2, 0) is 11.3 Å². The lowest BCUT2D eigenvalue weighted by Crippen LogP contribution is -2.39. The topological polar surface area (TPSA) is 41.6 Å². The molecule has 0 spiro atoms. The molecule has 0 fully saturated rings. The number of nitrogens with one attached hydrogen (secondary N) is 1. The lowest BCUT2D eigenvalue weighted by Gasteiger charge is -2.24. The van der Waals surface area contributed by atoms with E-state index in [1.165, 1.54) is 12.1 Å². The van der Waals surface area contributed by atoms with Gasteiger partial charge in [0.05, 0.1) is 16.8 Å². The summed E-state index contributed by atoms with van der Waals surface area (Å²) in [5.74, 6) is -0.135. The van der Waals surface area contributed by atoms with Gasteiger partial charge in [0.25, 0.3) is 0 Å². The number of likely N-dealkylation sites (N-methyl/N-ethyl adjacent to an activating group) is 1. The van der Waals surface area contributed by atoms with Gasteiger partial charge in [0.15, 0.2) is 0 Å². The number of carbonyl (C=O) groups excluding carboxylic acids is 1. The first-order valence-corrected chi connectivity index (χ1v) is 8.51. The zero-order valence-corrected chi connectivity index (χ0v) is 15.7. The third-order valence-corrected chi connectivity index (χ3v) is 4.36. The van der Waals surface area contributed by atoms with Gasteiger partial charge in [0.1, 0.15) is 5.75 Å². The number of hydrogen-bond acceptors (Lipinski definition) is 3. The van der Waals surface area contributed by atoms with Crippen molar-refractivity contribution in [1.82, 2.24) is 4.90 Å². The Bertz CT molecular complexity index is 757. The first-order chi connectivity index (χ1) is 12.3. The highest BCUT2D eigenvalue weighted by Gasteiger charge is 2.19.